The summed E-state index contributed by atoms with van der Waals surface area (Å²) in [5.74, 6) is -1.33. The summed E-state index contributed by atoms with van der Waals surface area (Å²) in [4.78, 5) is 30.8. The van der Waals surface area contributed by atoms with E-state index < -0.39 is 11.9 Å². The molecule has 0 aliphatic rings. The van der Waals surface area contributed by atoms with Crippen LogP contribution in [0.2, 0.25) is 0 Å². The maximum atomic E-state index is 11.1. The fraction of sp³-hybridized carbons (Fsp3) is 0.571. The normalized spacial score (nSPS) is 11.0. The van der Waals surface area contributed by atoms with Crippen molar-refractivity contribution in [1.82, 2.24) is 0 Å². The Hall–Kier alpha value is -1.58. The third-order valence-corrected chi connectivity index (χ3v) is 2.16. The zero-order valence-corrected chi connectivity index (χ0v) is 11.2. The molecule has 0 atom stereocenters. The predicted octanol–water partition coefficient (Wildman–Crippen LogP) is 3.48. The van der Waals surface area contributed by atoms with E-state index in [0.29, 0.717) is 0 Å². The number of carbonyl (C=O) groups excluding carboxylic acids is 2. The standard InChI is InChI=1S/C14H22O4/c1-3-5-7-9-11-13(15)17-18-14(16)12-10-8-6-4-2/h9-12H,3-8H2,1-2H3. The molecule has 0 bridgehead atoms. The Labute approximate surface area is 109 Å². The van der Waals surface area contributed by atoms with Crippen LogP contribution in [0.25, 0.3) is 0 Å². The van der Waals surface area contributed by atoms with E-state index in [-0.39, 0.29) is 0 Å². The lowest BCUT2D eigenvalue weighted by Gasteiger charge is -1.97. The molecule has 0 heterocycles. The largest absolute Gasteiger partial charge is 0.378 e. The fourth-order valence-electron chi connectivity index (χ4n) is 1.14. The molecule has 18 heavy (non-hydrogen) atoms. The SMILES string of the molecule is CCCCC=CC(=O)OOC(=O)C=CCCCC. The number of unbranched alkanes of at least 4 members (excludes halogenated alkanes) is 4. The second-order valence-corrected chi connectivity index (χ2v) is 3.89. The highest BCUT2D eigenvalue weighted by Crippen LogP contribution is 1.97. The molecule has 0 fully saturated rings. The van der Waals surface area contributed by atoms with Crippen LogP contribution >= 0.6 is 0 Å². The highest BCUT2D eigenvalue weighted by Gasteiger charge is 2.02. The molecule has 0 aliphatic carbocycles. The van der Waals surface area contributed by atoms with E-state index >= 15 is 0 Å². The van der Waals surface area contributed by atoms with Gasteiger partial charge in [-0.2, -0.15) is 0 Å². The third kappa shape index (κ3) is 10.9. The molecular weight excluding hydrogens is 232 g/mol. The van der Waals surface area contributed by atoms with Gasteiger partial charge in [0.25, 0.3) is 0 Å². The highest BCUT2D eigenvalue weighted by atomic mass is 17.2. The summed E-state index contributed by atoms with van der Waals surface area (Å²) < 4.78 is 0. The molecule has 0 aromatic carbocycles. The summed E-state index contributed by atoms with van der Waals surface area (Å²) in [6.07, 6.45) is 11.7. The molecular formula is C14H22O4. The van der Waals surface area contributed by atoms with Gasteiger partial charge in [0.1, 0.15) is 0 Å². The average Bonchev–Trinajstić information content (AvgIpc) is 2.37. The number of allylic oxidation sites excluding steroid dienone is 2. The van der Waals surface area contributed by atoms with E-state index in [0.717, 1.165) is 38.5 Å². The Morgan fingerprint density at radius 2 is 1.22 bits per heavy atom. The van der Waals surface area contributed by atoms with E-state index in [1.54, 1.807) is 12.2 Å². The van der Waals surface area contributed by atoms with Gasteiger partial charge < -0.3 is 0 Å². The molecule has 4 nitrogen and oxygen atoms in total. The van der Waals surface area contributed by atoms with Gasteiger partial charge in [0.05, 0.1) is 0 Å². The van der Waals surface area contributed by atoms with Gasteiger partial charge in [-0.15, -0.1) is 0 Å². The first kappa shape index (κ1) is 16.4. The summed E-state index contributed by atoms with van der Waals surface area (Å²) in [6.45, 7) is 4.14. The first-order chi connectivity index (χ1) is 8.70. The van der Waals surface area contributed by atoms with Crippen LogP contribution < -0.4 is 0 Å². The maximum Gasteiger partial charge on any atom is 0.378 e. The summed E-state index contributed by atoms with van der Waals surface area (Å²) in [5, 5.41) is 0. The van der Waals surface area contributed by atoms with Crippen LogP contribution in [0, 0.1) is 0 Å². The van der Waals surface area contributed by atoms with E-state index in [1.165, 1.54) is 12.2 Å². The van der Waals surface area contributed by atoms with Crippen molar-refractivity contribution in [3.63, 3.8) is 0 Å². The lowest BCUT2D eigenvalue weighted by atomic mass is 10.2. The number of rotatable bonds is 8. The first-order valence-electron chi connectivity index (χ1n) is 6.46. The Bertz CT molecular complexity index is 262. The summed E-state index contributed by atoms with van der Waals surface area (Å²) in [6, 6.07) is 0. The predicted molar refractivity (Wildman–Crippen MR) is 69.5 cm³/mol. The number of carbonyl (C=O) groups is 2. The van der Waals surface area contributed by atoms with Crippen LogP contribution in [0.4, 0.5) is 0 Å². The molecule has 4 heteroatoms. The van der Waals surface area contributed by atoms with E-state index in [2.05, 4.69) is 23.6 Å². The molecule has 0 aromatic rings. The second-order valence-electron chi connectivity index (χ2n) is 3.89. The van der Waals surface area contributed by atoms with E-state index in [1.807, 2.05) is 0 Å². The fourth-order valence-corrected chi connectivity index (χ4v) is 1.14. The van der Waals surface area contributed by atoms with Gasteiger partial charge in [-0.05, 0) is 12.8 Å². The lowest BCUT2D eigenvalue weighted by molar-refractivity contribution is -0.250. The molecule has 0 aliphatic heterocycles. The van der Waals surface area contributed by atoms with Crippen LogP contribution in [0.3, 0.4) is 0 Å². The van der Waals surface area contributed by atoms with Gasteiger partial charge in [0, 0.05) is 12.2 Å². The van der Waals surface area contributed by atoms with Gasteiger partial charge in [-0.3, -0.25) is 0 Å². The third-order valence-electron chi connectivity index (χ3n) is 2.16. The Balaban J connectivity index is 3.68. The van der Waals surface area contributed by atoms with Crippen LogP contribution in [-0.2, 0) is 19.4 Å². The quantitative estimate of drug-likeness (QED) is 0.288. The van der Waals surface area contributed by atoms with Crippen LogP contribution in [0.15, 0.2) is 24.3 Å². The van der Waals surface area contributed by atoms with E-state index in [9.17, 15) is 9.59 Å². The monoisotopic (exact) mass is 254 g/mol. The second kappa shape index (κ2) is 11.9. The van der Waals surface area contributed by atoms with Crippen LogP contribution in [0.5, 0.6) is 0 Å². The minimum Gasteiger partial charge on any atom is -0.242 e. The molecule has 0 N–H and O–H groups in total. The topological polar surface area (TPSA) is 52.6 Å². The molecule has 0 spiro atoms. The van der Waals surface area contributed by atoms with Crippen molar-refractivity contribution in [2.75, 3.05) is 0 Å². The van der Waals surface area contributed by atoms with Crippen molar-refractivity contribution in [2.45, 2.75) is 52.4 Å². The van der Waals surface area contributed by atoms with Crippen molar-refractivity contribution >= 4 is 11.9 Å². The molecule has 0 unspecified atom stereocenters. The smallest absolute Gasteiger partial charge is 0.242 e. The highest BCUT2D eigenvalue weighted by molar-refractivity contribution is 5.84. The van der Waals surface area contributed by atoms with Crippen molar-refractivity contribution < 1.29 is 19.4 Å². The first-order valence-corrected chi connectivity index (χ1v) is 6.46. The minimum absolute atomic E-state index is 0.665. The van der Waals surface area contributed by atoms with Gasteiger partial charge in [0.15, 0.2) is 0 Å². The van der Waals surface area contributed by atoms with E-state index in [4.69, 9.17) is 0 Å². The molecule has 102 valence electrons. The summed E-state index contributed by atoms with van der Waals surface area (Å²) >= 11 is 0. The molecule has 0 rings (SSSR count). The maximum absolute atomic E-state index is 11.1. The van der Waals surface area contributed by atoms with Crippen molar-refractivity contribution in [3.05, 3.63) is 24.3 Å². The Morgan fingerprint density at radius 3 is 1.56 bits per heavy atom. The molecule has 0 amide bonds. The van der Waals surface area contributed by atoms with Gasteiger partial charge >= 0.3 is 11.9 Å². The van der Waals surface area contributed by atoms with Crippen LogP contribution in [0.1, 0.15) is 52.4 Å². The zero-order chi connectivity index (χ0) is 13.6. The van der Waals surface area contributed by atoms with Gasteiger partial charge in [-0.25, -0.2) is 19.4 Å². The van der Waals surface area contributed by atoms with Crippen molar-refractivity contribution in [3.8, 4) is 0 Å². The van der Waals surface area contributed by atoms with Crippen molar-refractivity contribution in [1.29, 1.82) is 0 Å². The average molecular weight is 254 g/mol. The number of hydrogen-bond acceptors (Lipinski definition) is 4. The summed E-state index contributed by atoms with van der Waals surface area (Å²) in [7, 11) is 0. The molecule has 0 saturated carbocycles. The Morgan fingerprint density at radius 1 is 0.833 bits per heavy atom. The van der Waals surface area contributed by atoms with Crippen molar-refractivity contribution in [2.24, 2.45) is 0 Å². The number of hydrogen-bond donors (Lipinski definition) is 0. The zero-order valence-electron chi connectivity index (χ0n) is 11.2. The molecule has 0 aromatic heterocycles. The van der Waals surface area contributed by atoms with Crippen LogP contribution in [-0.4, -0.2) is 11.9 Å². The molecule has 0 saturated heterocycles. The minimum atomic E-state index is -0.665. The Kier molecular flexibility index (Phi) is 10.8. The summed E-state index contributed by atoms with van der Waals surface area (Å²) in [5.41, 5.74) is 0. The van der Waals surface area contributed by atoms with Gasteiger partial charge in [0.2, 0.25) is 0 Å². The molecule has 0 radical (unpaired) electrons. The van der Waals surface area contributed by atoms with Gasteiger partial charge in [-0.1, -0.05) is 51.7 Å². The lowest BCUT2D eigenvalue weighted by Crippen LogP contribution is -2.07.